The third-order valence-corrected chi connectivity index (χ3v) is 4.95. The zero-order chi connectivity index (χ0) is 17.8. The van der Waals surface area contributed by atoms with E-state index in [-0.39, 0.29) is 12.0 Å². The van der Waals surface area contributed by atoms with E-state index in [0.717, 1.165) is 44.7 Å². The Kier molecular flexibility index (Phi) is 5.21. The summed E-state index contributed by atoms with van der Waals surface area (Å²) in [7, 11) is 0. The van der Waals surface area contributed by atoms with Crippen molar-refractivity contribution in [2.75, 3.05) is 26.4 Å². The van der Waals surface area contributed by atoms with Gasteiger partial charge in [0.05, 0.1) is 30.3 Å². The summed E-state index contributed by atoms with van der Waals surface area (Å²) >= 11 is 0. The van der Waals surface area contributed by atoms with Crippen LogP contribution in [0.3, 0.4) is 0 Å². The van der Waals surface area contributed by atoms with Crippen LogP contribution < -0.4 is 5.32 Å². The molecular formula is C18H23N5O3. The standard InChI is InChI=1S/C18H23N5O3/c24-18(14-1-5-20-21-9-14)19-10-16-17-15(4-8-26-16)12-23(22-17)11-13-2-6-25-7-3-13/h1,5,9,12-13,16H,2-4,6-8,10-11H2,(H,19,24)/t16-/m1/s1. The van der Waals surface area contributed by atoms with Gasteiger partial charge in [-0.15, -0.1) is 0 Å². The van der Waals surface area contributed by atoms with Gasteiger partial charge in [0.1, 0.15) is 6.10 Å². The SMILES string of the molecule is O=C(NC[C@H]1OCCc2cn(CC3CCOCC3)nc21)c1ccnnc1. The zero-order valence-electron chi connectivity index (χ0n) is 14.6. The summed E-state index contributed by atoms with van der Waals surface area (Å²) in [5.74, 6) is 0.431. The molecule has 0 aromatic carbocycles. The first kappa shape index (κ1) is 17.1. The molecule has 0 unspecified atom stereocenters. The predicted octanol–water partition coefficient (Wildman–Crippen LogP) is 1.14. The quantitative estimate of drug-likeness (QED) is 0.863. The predicted molar refractivity (Wildman–Crippen MR) is 92.5 cm³/mol. The van der Waals surface area contributed by atoms with Gasteiger partial charge in [-0.25, -0.2) is 0 Å². The summed E-state index contributed by atoms with van der Waals surface area (Å²) in [5, 5.41) is 15.1. The van der Waals surface area contributed by atoms with Gasteiger partial charge in [0, 0.05) is 32.5 Å². The van der Waals surface area contributed by atoms with E-state index in [9.17, 15) is 4.79 Å². The summed E-state index contributed by atoms with van der Waals surface area (Å²) < 4.78 is 13.3. The maximum absolute atomic E-state index is 12.2. The molecule has 1 fully saturated rings. The monoisotopic (exact) mass is 357 g/mol. The van der Waals surface area contributed by atoms with Gasteiger partial charge in [0.15, 0.2) is 0 Å². The molecule has 0 spiro atoms. The van der Waals surface area contributed by atoms with Crippen molar-refractivity contribution in [3.8, 4) is 0 Å². The fraction of sp³-hybridized carbons (Fsp3) is 0.556. The van der Waals surface area contributed by atoms with Crippen LogP contribution in [0.2, 0.25) is 0 Å². The van der Waals surface area contributed by atoms with E-state index in [0.29, 0.717) is 24.6 Å². The molecule has 26 heavy (non-hydrogen) atoms. The molecule has 1 amide bonds. The number of nitrogens with zero attached hydrogens (tertiary/aromatic N) is 4. The van der Waals surface area contributed by atoms with Crippen molar-refractivity contribution >= 4 is 5.91 Å². The second-order valence-electron chi connectivity index (χ2n) is 6.77. The van der Waals surface area contributed by atoms with E-state index in [2.05, 4.69) is 21.7 Å². The topological polar surface area (TPSA) is 91.2 Å². The van der Waals surface area contributed by atoms with Crippen molar-refractivity contribution in [3.63, 3.8) is 0 Å². The van der Waals surface area contributed by atoms with Gasteiger partial charge in [-0.1, -0.05) is 0 Å². The minimum atomic E-state index is -0.214. The molecule has 8 heteroatoms. The number of rotatable bonds is 5. The van der Waals surface area contributed by atoms with Crippen molar-refractivity contribution in [3.05, 3.63) is 41.5 Å². The Morgan fingerprint density at radius 3 is 2.96 bits per heavy atom. The van der Waals surface area contributed by atoms with Gasteiger partial charge in [-0.2, -0.15) is 15.3 Å². The van der Waals surface area contributed by atoms with Crippen molar-refractivity contribution in [1.82, 2.24) is 25.3 Å². The van der Waals surface area contributed by atoms with E-state index in [1.807, 2.05) is 4.68 Å². The Morgan fingerprint density at radius 1 is 1.27 bits per heavy atom. The lowest BCUT2D eigenvalue weighted by atomic mass is 10.0. The molecule has 0 saturated carbocycles. The number of carbonyl (C=O) groups excluding carboxylic acids is 1. The Balaban J connectivity index is 1.39. The highest BCUT2D eigenvalue weighted by molar-refractivity contribution is 5.93. The van der Waals surface area contributed by atoms with Gasteiger partial charge in [0.2, 0.25) is 0 Å². The number of ether oxygens (including phenoxy) is 2. The van der Waals surface area contributed by atoms with Crippen molar-refractivity contribution in [1.29, 1.82) is 0 Å². The van der Waals surface area contributed by atoms with Crippen LogP contribution in [0.5, 0.6) is 0 Å². The first-order valence-corrected chi connectivity index (χ1v) is 9.10. The summed E-state index contributed by atoms with van der Waals surface area (Å²) in [6.45, 7) is 3.63. The summed E-state index contributed by atoms with van der Waals surface area (Å²) in [4.78, 5) is 12.2. The summed E-state index contributed by atoms with van der Waals surface area (Å²) in [6, 6.07) is 1.64. The summed E-state index contributed by atoms with van der Waals surface area (Å²) in [6.07, 6.45) is 7.90. The Labute approximate surface area is 151 Å². The first-order chi connectivity index (χ1) is 12.8. The molecule has 2 aromatic heterocycles. The van der Waals surface area contributed by atoms with Crippen LogP contribution >= 0.6 is 0 Å². The average Bonchev–Trinajstić information content (AvgIpc) is 3.10. The molecule has 0 radical (unpaired) electrons. The minimum Gasteiger partial charge on any atom is -0.381 e. The Bertz CT molecular complexity index is 743. The van der Waals surface area contributed by atoms with Crippen LogP contribution in [0.15, 0.2) is 24.7 Å². The smallest absolute Gasteiger partial charge is 0.253 e. The van der Waals surface area contributed by atoms with Crippen LogP contribution in [-0.2, 0) is 22.4 Å². The Morgan fingerprint density at radius 2 is 2.15 bits per heavy atom. The van der Waals surface area contributed by atoms with Crippen molar-refractivity contribution in [2.24, 2.45) is 5.92 Å². The van der Waals surface area contributed by atoms with E-state index in [1.165, 1.54) is 18.0 Å². The second kappa shape index (κ2) is 7.92. The number of hydrogen-bond donors (Lipinski definition) is 1. The first-order valence-electron chi connectivity index (χ1n) is 9.10. The lowest BCUT2D eigenvalue weighted by Crippen LogP contribution is -2.32. The van der Waals surface area contributed by atoms with Gasteiger partial charge in [0.25, 0.3) is 5.91 Å². The lowest BCUT2D eigenvalue weighted by molar-refractivity contribution is 0.0379. The summed E-state index contributed by atoms with van der Waals surface area (Å²) in [5.41, 5.74) is 2.64. The van der Waals surface area contributed by atoms with Gasteiger partial charge in [-0.3, -0.25) is 9.48 Å². The van der Waals surface area contributed by atoms with Crippen LogP contribution in [0, 0.1) is 5.92 Å². The number of aromatic nitrogens is 4. The third-order valence-electron chi connectivity index (χ3n) is 4.95. The third kappa shape index (κ3) is 3.91. The normalized spacial score (nSPS) is 20.5. The maximum Gasteiger partial charge on any atom is 0.253 e. The highest BCUT2D eigenvalue weighted by Crippen LogP contribution is 2.26. The highest BCUT2D eigenvalue weighted by atomic mass is 16.5. The van der Waals surface area contributed by atoms with E-state index < -0.39 is 0 Å². The van der Waals surface area contributed by atoms with E-state index >= 15 is 0 Å². The number of fused-ring (bicyclic) bond motifs is 1. The molecular weight excluding hydrogens is 334 g/mol. The fourth-order valence-corrected chi connectivity index (χ4v) is 3.49. The zero-order valence-corrected chi connectivity index (χ0v) is 14.6. The molecule has 2 aliphatic rings. The molecule has 4 rings (SSSR count). The molecule has 1 saturated heterocycles. The molecule has 4 heterocycles. The molecule has 8 nitrogen and oxygen atoms in total. The van der Waals surface area contributed by atoms with E-state index in [4.69, 9.17) is 14.6 Å². The average molecular weight is 357 g/mol. The molecule has 2 aliphatic heterocycles. The molecule has 1 N–H and O–H groups in total. The molecule has 2 aromatic rings. The van der Waals surface area contributed by atoms with Gasteiger partial charge in [-0.05, 0) is 36.8 Å². The van der Waals surface area contributed by atoms with Gasteiger partial charge >= 0.3 is 0 Å². The number of carbonyl (C=O) groups is 1. The van der Waals surface area contributed by atoms with Crippen LogP contribution in [0.1, 0.15) is 40.6 Å². The highest BCUT2D eigenvalue weighted by Gasteiger charge is 2.26. The molecule has 138 valence electrons. The molecule has 0 bridgehead atoms. The molecule has 0 aliphatic carbocycles. The van der Waals surface area contributed by atoms with Crippen LogP contribution in [0.4, 0.5) is 0 Å². The largest absolute Gasteiger partial charge is 0.381 e. The maximum atomic E-state index is 12.2. The van der Waals surface area contributed by atoms with Crippen molar-refractivity contribution < 1.29 is 14.3 Å². The lowest BCUT2D eigenvalue weighted by Gasteiger charge is -2.22. The van der Waals surface area contributed by atoms with E-state index in [1.54, 1.807) is 6.07 Å². The van der Waals surface area contributed by atoms with Crippen molar-refractivity contribution in [2.45, 2.75) is 31.9 Å². The molecule has 1 atom stereocenters. The number of hydrogen-bond acceptors (Lipinski definition) is 6. The minimum absolute atomic E-state index is 0.183. The number of nitrogens with one attached hydrogen (secondary N) is 1. The van der Waals surface area contributed by atoms with Gasteiger partial charge < -0.3 is 14.8 Å². The van der Waals surface area contributed by atoms with Crippen LogP contribution in [0.25, 0.3) is 0 Å². The number of amides is 1. The Hall–Kier alpha value is -2.32. The fourth-order valence-electron chi connectivity index (χ4n) is 3.49. The second-order valence-corrected chi connectivity index (χ2v) is 6.77. The van der Waals surface area contributed by atoms with Crippen LogP contribution in [-0.4, -0.2) is 52.3 Å².